The Labute approximate surface area is 111 Å². The second-order valence-corrected chi connectivity index (χ2v) is 5.37. The van der Waals surface area contributed by atoms with Crippen LogP contribution in [0.4, 0.5) is 0 Å². The van der Waals surface area contributed by atoms with Gasteiger partial charge in [0.05, 0.1) is 10.9 Å². The summed E-state index contributed by atoms with van der Waals surface area (Å²) in [4.78, 5) is 12.3. The zero-order chi connectivity index (χ0) is 13.4. The first kappa shape index (κ1) is 16.4. The van der Waals surface area contributed by atoms with E-state index in [-0.39, 0.29) is 17.9 Å². The van der Waals surface area contributed by atoms with Crippen molar-refractivity contribution in [2.24, 2.45) is 17.6 Å². The third kappa shape index (κ3) is 6.61. The van der Waals surface area contributed by atoms with Gasteiger partial charge in [-0.25, -0.2) is 0 Å². The van der Waals surface area contributed by atoms with Crippen molar-refractivity contribution in [1.82, 2.24) is 5.32 Å². The Bertz CT molecular complexity index is 256. The fourth-order valence-corrected chi connectivity index (χ4v) is 2.09. The topological polar surface area (TPSA) is 55.1 Å². The van der Waals surface area contributed by atoms with Gasteiger partial charge in [-0.15, -0.1) is 0 Å². The Morgan fingerprint density at radius 3 is 2.35 bits per heavy atom. The van der Waals surface area contributed by atoms with Crippen LogP contribution in [0.15, 0.2) is 0 Å². The van der Waals surface area contributed by atoms with Crippen LogP contribution < -0.4 is 11.1 Å². The highest BCUT2D eigenvalue weighted by Gasteiger charge is 2.22. The first-order valence-electron chi connectivity index (χ1n) is 6.51. The third-order valence-electron chi connectivity index (χ3n) is 3.08. The molecule has 3 nitrogen and oxygen atoms in total. The molecule has 0 aromatic carbocycles. The normalized spacial score (nSPS) is 16.0. The number of carbonyl (C=O) groups excluding carboxylic acids is 1. The maximum absolute atomic E-state index is 12.0. The number of rotatable bonds is 8. The van der Waals surface area contributed by atoms with Crippen molar-refractivity contribution in [3.63, 3.8) is 0 Å². The molecule has 3 atom stereocenters. The van der Waals surface area contributed by atoms with E-state index in [1.54, 1.807) is 0 Å². The molecule has 0 saturated heterocycles. The van der Waals surface area contributed by atoms with E-state index in [0.717, 1.165) is 25.7 Å². The molecule has 0 aromatic rings. The molecule has 3 N–H and O–H groups in total. The molecule has 0 heterocycles. The highest BCUT2D eigenvalue weighted by atomic mass is 32.1. The van der Waals surface area contributed by atoms with Crippen molar-refractivity contribution >= 4 is 23.1 Å². The lowest BCUT2D eigenvalue weighted by atomic mass is 9.98. The fourth-order valence-electron chi connectivity index (χ4n) is 1.86. The summed E-state index contributed by atoms with van der Waals surface area (Å²) >= 11 is 4.94. The lowest BCUT2D eigenvalue weighted by Crippen LogP contribution is -2.42. The van der Waals surface area contributed by atoms with Crippen LogP contribution in [0, 0.1) is 11.8 Å². The van der Waals surface area contributed by atoms with Gasteiger partial charge in [0.1, 0.15) is 0 Å². The number of amides is 1. The molecule has 17 heavy (non-hydrogen) atoms. The van der Waals surface area contributed by atoms with E-state index in [0.29, 0.717) is 10.9 Å². The van der Waals surface area contributed by atoms with Crippen LogP contribution in [0.25, 0.3) is 0 Å². The van der Waals surface area contributed by atoms with Crippen molar-refractivity contribution < 1.29 is 4.79 Å². The van der Waals surface area contributed by atoms with Gasteiger partial charge in [-0.2, -0.15) is 0 Å². The predicted octanol–water partition coefficient (Wildman–Crippen LogP) is 2.63. The summed E-state index contributed by atoms with van der Waals surface area (Å²) in [7, 11) is 0. The molecule has 1 amide bonds. The minimum atomic E-state index is -0.311. The van der Waals surface area contributed by atoms with Crippen LogP contribution in [0.1, 0.15) is 53.4 Å². The molecule has 4 heteroatoms. The van der Waals surface area contributed by atoms with Gasteiger partial charge in [0, 0.05) is 6.04 Å². The van der Waals surface area contributed by atoms with E-state index >= 15 is 0 Å². The van der Waals surface area contributed by atoms with E-state index in [2.05, 4.69) is 19.2 Å². The summed E-state index contributed by atoms with van der Waals surface area (Å²) in [6, 6.07) is 0.186. The Balaban J connectivity index is 4.25. The van der Waals surface area contributed by atoms with Gasteiger partial charge in [0.15, 0.2) is 0 Å². The average molecular weight is 258 g/mol. The zero-order valence-corrected chi connectivity index (χ0v) is 12.3. The predicted molar refractivity (Wildman–Crippen MR) is 76.9 cm³/mol. The van der Waals surface area contributed by atoms with E-state index < -0.39 is 0 Å². The van der Waals surface area contributed by atoms with E-state index in [1.165, 1.54) is 0 Å². The van der Waals surface area contributed by atoms with Gasteiger partial charge < -0.3 is 11.1 Å². The number of hydrogen-bond donors (Lipinski definition) is 2. The summed E-state index contributed by atoms with van der Waals surface area (Å²) in [5.41, 5.74) is 5.60. The van der Waals surface area contributed by atoms with E-state index in [1.807, 2.05) is 13.8 Å². The summed E-state index contributed by atoms with van der Waals surface area (Å²) in [6.45, 7) is 8.42. The van der Waals surface area contributed by atoms with Crippen LogP contribution in [-0.4, -0.2) is 16.9 Å². The summed E-state index contributed by atoms with van der Waals surface area (Å²) in [6.07, 6.45) is 3.78. The smallest absolute Gasteiger partial charge is 0.230 e. The lowest BCUT2D eigenvalue weighted by Gasteiger charge is -2.21. The maximum atomic E-state index is 12.0. The number of hydrogen-bond acceptors (Lipinski definition) is 2. The van der Waals surface area contributed by atoms with Crippen LogP contribution >= 0.6 is 12.2 Å². The largest absolute Gasteiger partial charge is 0.393 e. The van der Waals surface area contributed by atoms with Crippen LogP contribution in [0.3, 0.4) is 0 Å². The number of nitrogens with two attached hydrogens (primary N) is 1. The molecule has 3 unspecified atom stereocenters. The van der Waals surface area contributed by atoms with Crippen LogP contribution in [0.5, 0.6) is 0 Å². The second-order valence-electron chi connectivity index (χ2n) is 4.90. The van der Waals surface area contributed by atoms with Gasteiger partial charge >= 0.3 is 0 Å². The first-order valence-corrected chi connectivity index (χ1v) is 6.92. The van der Waals surface area contributed by atoms with Gasteiger partial charge in [0.2, 0.25) is 5.91 Å². The van der Waals surface area contributed by atoms with Gasteiger partial charge in [0.25, 0.3) is 0 Å². The quantitative estimate of drug-likeness (QED) is 0.658. The molecule has 0 spiro atoms. The SMILES string of the molecule is CCCC(C(=O)NC(C)CC(C)CC)C(N)=S. The summed E-state index contributed by atoms with van der Waals surface area (Å²) in [5.74, 6) is 0.296. The van der Waals surface area contributed by atoms with Crippen LogP contribution in [-0.2, 0) is 4.79 Å². The Hall–Kier alpha value is -0.640. The maximum Gasteiger partial charge on any atom is 0.230 e. The Morgan fingerprint density at radius 2 is 1.94 bits per heavy atom. The number of carbonyl (C=O) groups is 1. The van der Waals surface area contributed by atoms with Crippen LogP contribution in [0.2, 0.25) is 0 Å². The zero-order valence-electron chi connectivity index (χ0n) is 11.5. The average Bonchev–Trinajstić information content (AvgIpc) is 2.24. The molecule has 0 saturated carbocycles. The minimum absolute atomic E-state index is 0.0184. The molecule has 0 aliphatic heterocycles. The van der Waals surface area contributed by atoms with E-state index in [9.17, 15) is 4.79 Å². The third-order valence-corrected chi connectivity index (χ3v) is 3.36. The van der Waals surface area contributed by atoms with Crippen molar-refractivity contribution in [3.05, 3.63) is 0 Å². The number of thiocarbonyl (C=S) groups is 1. The van der Waals surface area contributed by atoms with Gasteiger partial charge in [-0.1, -0.05) is 45.8 Å². The highest BCUT2D eigenvalue weighted by Crippen LogP contribution is 2.12. The summed E-state index contributed by atoms with van der Waals surface area (Å²) in [5, 5.41) is 3.00. The van der Waals surface area contributed by atoms with Crippen molar-refractivity contribution in [2.75, 3.05) is 0 Å². The van der Waals surface area contributed by atoms with Crippen molar-refractivity contribution in [3.8, 4) is 0 Å². The molecular weight excluding hydrogens is 232 g/mol. The van der Waals surface area contributed by atoms with Gasteiger partial charge in [-0.05, 0) is 25.7 Å². The monoisotopic (exact) mass is 258 g/mol. The molecule has 100 valence electrons. The Morgan fingerprint density at radius 1 is 1.35 bits per heavy atom. The van der Waals surface area contributed by atoms with Gasteiger partial charge in [-0.3, -0.25) is 4.79 Å². The minimum Gasteiger partial charge on any atom is -0.393 e. The standard InChI is InChI=1S/C13H26N2OS/c1-5-7-11(12(14)17)13(16)15-10(4)8-9(3)6-2/h9-11H,5-8H2,1-4H3,(H2,14,17)(H,15,16). The lowest BCUT2D eigenvalue weighted by molar-refractivity contribution is -0.123. The van der Waals surface area contributed by atoms with Crippen molar-refractivity contribution in [1.29, 1.82) is 0 Å². The molecule has 0 aliphatic rings. The highest BCUT2D eigenvalue weighted by molar-refractivity contribution is 7.80. The number of nitrogens with one attached hydrogen (secondary N) is 1. The molecule has 0 bridgehead atoms. The molecule has 0 radical (unpaired) electrons. The molecular formula is C13H26N2OS. The summed E-state index contributed by atoms with van der Waals surface area (Å²) < 4.78 is 0. The molecule has 0 aromatic heterocycles. The first-order chi connectivity index (χ1) is 7.92. The van der Waals surface area contributed by atoms with Crippen molar-refractivity contribution in [2.45, 2.75) is 59.4 Å². The molecule has 0 rings (SSSR count). The molecule has 0 aliphatic carbocycles. The fraction of sp³-hybridized carbons (Fsp3) is 0.846. The van der Waals surface area contributed by atoms with E-state index in [4.69, 9.17) is 18.0 Å². The Kier molecular flexibility index (Phi) is 8.13. The second kappa shape index (κ2) is 8.45. The molecule has 0 fully saturated rings.